The molecule has 0 amide bonds. The van der Waals surface area contributed by atoms with Gasteiger partial charge in [-0.1, -0.05) is 13.8 Å². The van der Waals surface area contributed by atoms with Gasteiger partial charge in [0.25, 0.3) is 0 Å². The number of rotatable bonds is 4. The van der Waals surface area contributed by atoms with Gasteiger partial charge in [-0.15, -0.1) is 0 Å². The molecule has 1 aromatic rings. The molecule has 90 valence electrons. The van der Waals surface area contributed by atoms with Crippen LogP contribution in [-0.2, 0) is 10.3 Å². The first kappa shape index (κ1) is 12.9. The van der Waals surface area contributed by atoms with Crippen LogP contribution in [0.3, 0.4) is 0 Å². The minimum absolute atomic E-state index is 0.226. The van der Waals surface area contributed by atoms with Crippen molar-refractivity contribution < 1.29 is 14.0 Å². The van der Waals surface area contributed by atoms with Crippen LogP contribution in [0, 0.1) is 12.7 Å². The van der Waals surface area contributed by atoms with E-state index < -0.39 is 5.41 Å². The summed E-state index contributed by atoms with van der Waals surface area (Å²) in [5.41, 5.74) is 0.784. The molecule has 0 atom stereocenters. The summed E-state index contributed by atoms with van der Waals surface area (Å²) in [6, 6.07) is 3.28. The van der Waals surface area contributed by atoms with E-state index in [0.717, 1.165) is 5.56 Å². The van der Waals surface area contributed by atoms with Crippen LogP contribution in [0.1, 0.15) is 25.0 Å². The topological polar surface area (TPSA) is 44.5 Å². The van der Waals surface area contributed by atoms with E-state index in [1.165, 1.54) is 13.2 Å². The standard InChI is InChI=1S/C12H18FNO2/c1-8-5-9(13)11(10(6-8)15-4)12(2,3)7-16-14/h5-6H,7,14H2,1-4H3. The van der Waals surface area contributed by atoms with Crippen molar-refractivity contribution in [1.82, 2.24) is 0 Å². The van der Waals surface area contributed by atoms with Crippen LogP contribution >= 0.6 is 0 Å². The van der Waals surface area contributed by atoms with Gasteiger partial charge in [0.1, 0.15) is 11.6 Å². The van der Waals surface area contributed by atoms with Crippen molar-refractivity contribution in [1.29, 1.82) is 0 Å². The molecule has 0 bridgehead atoms. The van der Waals surface area contributed by atoms with Crippen LogP contribution in [0.5, 0.6) is 5.75 Å². The van der Waals surface area contributed by atoms with Gasteiger partial charge >= 0.3 is 0 Å². The van der Waals surface area contributed by atoms with Gasteiger partial charge in [-0.2, -0.15) is 0 Å². The molecule has 0 saturated carbocycles. The summed E-state index contributed by atoms with van der Waals surface area (Å²) in [7, 11) is 1.52. The average molecular weight is 227 g/mol. The Hall–Kier alpha value is -1.13. The Bertz CT molecular complexity index is 378. The molecule has 0 aliphatic rings. The summed E-state index contributed by atoms with van der Waals surface area (Å²) >= 11 is 0. The molecule has 4 heteroatoms. The molecule has 0 aromatic heterocycles. The molecule has 1 rings (SSSR count). The second-order valence-corrected chi connectivity index (χ2v) is 4.52. The van der Waals surface area contributed by atoms with Crippen molar-refractivity contribution in [3.05, 3.63) is 29.1 Å². The van der Waals surface area contributed by atoms with E-state index in [4.69, 9.17) is 10.6 Å². The van der Waals surface area contributed by atoms with Gasteiger partial charge in [-0.05, 0) is 24.6 Å². The van der Waals surface area contributed by atoms with E-state index in [9.17, 15) is 4.39 Å². The smallest absolute Gasteiger partial charge is 0.130 e. The SMILES string of the molecule is COc1cc(C)cc(F)c1C(C)(C)CON. The number of ether oxygens (including phenoxy) is 1. The van der Waals surface area contributed by atoms with E-state index in [1.54, 1.807) is 6.07 Å². The lowest BCUT2D eigenvalue weighted by Crippen LogP contribution is -2.28. The van der Waals surface area contributed by atoms with E-state index >= 15 is 0 Å². The molecule has 0 aliphatic carbocycles. The Morgan fingerprint density at radius 2 is 2.00 bits per heavy atom. The highest BCUT2D eigenvalue weighted by Gasteiger charge is 2.28. The second kappa shape index (κ2) is 4.80. The molecule has 0 aliphatic heterocycles. The lowest BCUT2D eigenvalue weighted by atomic mass is 9.84. The van der Waals surface area contributed by atoms with Crippen LogP contribution < -0.4 is 10.6 Å². The zero-order valence-electron chi connectivity index (χ0n) is 10.1. The molecule has 0 spiro atoms. The summed E-state index contributed by atoms with van der Waals surface area (Å²) in [4.78, 5) is 4.62. The minimum Gasteiger partial charge on any atom is -0.496 e. The third-order valence-corrected chi connectivity index (χ3v) is 2.54. The second-order valence-electron chi connectivity index (χ2n) is 4.52. The maximum atomic E-state index is 13.9. The van der Waals surface area contributed by atoms with Crippen LogP contribution in [0.4, 0.5) is 4.39 Å². The molecule has 0 saturated heterocycles. The Kier molecular flexibility index (Phi) is 3.88. The third-order valence-electron chi connectivity index (χ3n) is 2.54. The number of methoxy groups -OCH3 is 1. The first-order valence-electron chi connectivity index (χ1n) is 5.08. The zero-order valence-corrected chi connectivity index (χ0v) is 10.1. The number of halogens is 1. The van der Waals surface area contributed by atoms with Crippen molar-refractivity contribution in [2.45, 2.75) is 26.2 Å². The lowest BCUT2D eigenvalue weighted by Gasteiger charge is -2.26. The summed E-state index contributed by atoms with van der Waals surface area (Å²) in [6.07, 6.45) is 0. The van der Waals surface area contributed by atoms with Gasteiger partial charge in [0.15, 0.2) is 0 Å². The van der Waals surface area contributed by atoms with Crippen LogP contribution in [0.2, 0.25) is 0 Å². The maximum Gasteiger partial charge on any atom is 0.130 e. The van der Waals surface area contributed by atoms with E-state index in [0.29, 0.717) is 11.3 Å². The monoisotopic (exact) mass is 227 g/mol. The number of benzene rings is 1. The molecule has 1 aromatic carbocycles. The van der Waals surface area contributed by atoms with Gasteiger partial charge in [0.2, 0.25) is 0 Å². The predicted molar refractivity (Wildman–Crippen MR) is 60.9 cm³/mol. The molecule has 0 fully saturated rings. The largest absolute Gasteiger partial charge is 0.496 e. The fourth-order valence-corrected chi connectivity index (χ4v) is 1.81. The summed E-state index contributed by atoms with van der Waals surface area (Å²) < 4.78 is 19.1. The molecule has 2 N–H and O–H groups in total. The van der Waals surface area contributed by atoms with Crippen molar-refractivity contribution in [3.8, 4) is 5.75 Å². The summed E-state index contributed by atoms with van der Waals surface area (Å²) in [5.74, 6) is 5.29. The number of aryl methyl sites for hydroxylation is 1. The fraction of sp³-hybridized carbons (Fsp3) is 0.500. The van der Waals surface area contributed by atoms with E-state index in [1.807, 2.05) is 20.8 Å². The zero-order chi connectivity index (χ0) is 12.3. The highest BCUT2D eigenvalue weighted by atomic mass is 19.1. The van der Waals surface area contributed by atoms with Gasteiger partial charge < -0.3 is 9.57 Å². The van der Waals surface area contributed by atoms with Crippen molar-refractivity contribution in [2.75, 3.05) is 13.7 Å². The normalized spacial score (nSPS) is 11.6. The van der Waals surface area contributed by atoms with Crippen molar-refractivity contribution in [3.63, 3.8) is 0 Å². The third kappa shape index (κ3) is 2.51. The Balaban J connectivity index is 3.31. The molecule has 3 nitrogen and oxygen atoms in total. The minimum atomic E-state index is -0.530. The van der Waals surface area contributed by atoms with Crippen molar-refractivity contribution >= 4 is 0 Å². The molecule has 0 heterocycles. The predicted octanol–water partition coefficient (Wildman–Crippen LogP) is 2.31. The molecule has 0 unspecified atom stereocenters. The van der Waals surface area contributed by atoms with Gasteiger partial charge in [-0.3, -0.25) is 0 Å². The quantitative estimate of drug-likeness (QED) is 0.803. The summed E-state index contributed by atoms with van der Waals surface area (Å²) in [5, 5.41) is 0. The van der Waals surface area contributed by atoms with Crippen LogP contribution in [0.25, 0.3) is 0 Å². The highest BCUT2D eigenvalue weighted by molar-refractivity contribution is 5.43. The van der Waals surface area contributed by atoms with Gasteiger partial charge in [-0.25, -0.2) is 10.3 Å². The molecular weight excluding hydrogens is 209 g/mol. The molecule has 0 radical (unpaired) electrons. The highest BCUT2D eigenvalue weighted by Crippen LogP contribution is 2.34. The van der Waals surface area contributed by atoms with Crippen LogP contribution in [0.15, 0.2) is 12.1 Å². The molecular formula is C12H18FNO2. The first-order chi connectivity index (χ1) is 7.42. The lowest BCUT2D eigenvalue weighted by molar-refractivity contribution is 0.0939. The molecule has 16 heavy (non-hydrogen) atoms. The van der Waals surface area contributed by atoms with E-state index in [-0.39, 0.29) is 12.4 Å². The first-order valence-corrected chi connectivity index (χ1v) is 5.08. The number of hydrogen-bond acceptors (Lipinski definition) is 3. The van der Waals surface area contributed by atoms with Crippen LogP contribution in [-0.4, -0.2) is 13.7 Å². The van der Waals surface area contributed by atoms with Gasteiger partial charge in [0.05, 0.1) is 13.7 Å². The van der Waals surface area contributed by atoms with Gasteiger partial charge in [0, 0.05) is 11.0 Å². The number of nitrogens with two attached hydrogens (primary N) is 1. The Morgan fingerprint density at radius 3 is 2.50 bits per heavy atom. The van der Waals surface area contributed by atoms with E-state index in [2.05, 4.69) is 4.84 Å². The Morgan fingerprint density at radius 1 is 1.38 bits per heavy atom. The average Bonchev–Trinajstić information content (AvgIpc) is 2.15. The Labute approximate surface area is 95.3 Å². The fourth-order valence-electron chi connectivity index (χ4n) is 1.81. The maximum absolute atomic E-state index is 13.9. The van der Waals surface area contributed by atoms with Crippen molar-refractivity contribution in [2.24, 2.45) is 5.90 Å². The number of hydrogen-bond donors (Lipinski definition) is 1. The summed E-state index contributed by atoms with van der Waals surface area (Å²) in [6.45, 7) is 5.76.